The fraction of sp³-hybridized carbons (Fsp3) is 0.385. The lowest BCUT2D eigenvalue weighted by Gasteiger charge is -2.33. The van der Waals surface area contributed by atoms with E-state index < -0.39 is 11.6 Å². The number of rotatable bonds is 9. The quantitative estimate of drug-likeness (QED) is 0.216. The summed E-state index contributed by atoms with van der Waals surface area (Å²) in [7, 11) is 1.98. The molecule has 11 heteroatoms. The molecule has 2 fully saturated rings. The van der Waals surface area contributed by atoms with Gasteiger partial charge < -0.3 is 19.3 Å². The summed E-state index contributed by atoms with van der Waals surface area (Å²) < 4.78 is 7.66. The van der Waals surface area contributed by atoms with Gasteiger partial charge in [0.2, 0.25) is 11.8 Å². The van der Waals surface area contributed by atoms with Gasteiger partial charge in [0, 0.05) is 80.4 Å². The lowest BCUT2D eigenvalue weighted by atomic mass is 9.85. The number of benzene rings is 2. The first-order valence-corrected chi connectivity index (χ1v) is 17.6. The van der Waals surface area contributed by atoms with Crippen LogP contribution in [0.15, 0.2) is 79.4 Å². The molecule has 3 aliphatic heterocycles. The van der Waals surface area contributed by atoms with Crippen molar-refractivity contribution in [2.24, 2.45) is 12.5 Å². The summed E-state index contributed by atoms with van der Waals surface area (Å²) in [6.07, 6.45) is 9.83. The van der Waals surface area contributed by atoms with Crippen molar-refractivity contribution >= 4 is 28.1 Å². The number of hydrogen-bond donors (Lipinski definition) is 2. The average molecular weight is 673 g/mol. The maximum atomic E-state index is 14.1. The number of aryl methyl sites for hydroxylation is 1. The third-order valence-electron chi connectivity index (χ3n) is 10.5. The van der Waals surface area contributed by atoms with E-state index in [9.17, 15) is 9.90 Å². The molecule has 3 aromatic heterocycles. The summed E-state index contributed by atoms with van der Waals surface area (Å²) in [5.74, 6) is 0.756. The van der Waals surface area contributed by atoms with Crippen molar-refractivity contribution < 1.29 is 14.6 Å². The van der Waals surface area contributed by atoms with Crippen LogP contribution in [0.1, 0.15) is 38.7 Å². The van der Waals surface area contributed by atoms with E-state index in [0.29, 0.717) is 32.1 Å². The third kappa shape index (κ3) is 6.21. The summed E-state index contributed by atoms with van der Waals surface area (Å²) >= 11 is 0. The number of fused-ring (bicyclic) bond motifs is 1. The van der Waals surface area contributed by atoms with Crippen LogP contribution in [0.2, 0.25) is 0 Å². The standard InChI is InChI=1S/C39H44N8O3/c1-26(2)50-35-11-8-30(21-40-35)37-32-20-31(9-10-33(32)42-43-37)47-19-15-39(38(47)49)14-18-45(24-39)23-36(48)46-16-12-28(13-17-46)27-4-6-29(7-5-27)34-22-44(3)25-41-34/h4-12,20-22,25-26,36,48H,13-19,23-24H2,1-3H3,(H,42,43)/t36?,39-/m0/s1. The number of imidazole rings is 1. The number of nitrogens with one attached hydrogen (secondary N) is 1. The molecule has 50 heavy (non-hydrogen) atoms. The first-order valence-electron chi connectivity index (χ1n) is 17.6. The zero-order valence-electron chi connectivity index (χ0n) is 28.9. The van der Waals surface area contributed by atoms with E-state index in [1.54, 1.807) is 6.20 Å². The van der Waals surface area contributed by atoms with E-state index in [0.717, 1.165) is 71.5 Å². The van der Waals surface area contributed by atoms with Gasteiger partial charge in [0.15, 0.2) is 0 Å². The van der Waals surface area contributed by atoms with Crippen LogP contribution in [0.5, 0.6) is 5.88 Å². The highest BCUT2D eigenvalue weighted by atomic mass is 16.5. The van der Waals surface area contributed by atoms with Crippen molar-refractivity contribution in [3.05, 3.63) is 85.0 Å². The molecule has 6 heterocycles. The van der Waals surface area contributed by atoms with Crippen LogP contribution in [0, 0.1) is 5.41 Å². The van der Waals surface area contributed by atoms with Crippen LogP contribution in [0.25, 0.3) is 39.0 Å². The Morgan fingerprint density at radius 3 is 2.50 bits per heavy atom. The second-order valence-electron chi connectivity index (χ2n) is 14.3. The Morgan fingerprint density at radius 1 is 0.980 bits per heavy atom. The van der Waals surface area contributed by atoms with Crippen LogP contribution < -0.4 is 9.64 Å². The van der Waals surface area contributed by atoms with Gasteiger partial charge in [-0.1, -0.05) is 30.3 Å². The molecule has 1 amide bonds. The summed E-state index contributed by atoms with van der Waals surface area (Å²) in [6, 6.07) is 18.5. The fourth-order valence-corrected chi connectivity index (χ4v) is 7.76. The van der Waals surface area contributed by atoms with Gasteiger partial charge in [0.1, 0.15) is 11.9 Å². The predicted molar refractivity (Wildman–Crippen MR) is 194 cm³/mol. The van der Waals surface area contributed by atoms with Crippen LogP contribution in [0.4, 0.5) is 5.69 Å². The van der Waals surface area contributed by atoms with Gasteiger partial charge in [0.25, 0.3) is 0 Å². The van der Waals surface area contributed by atoms with Crippen molar-refractivity contribution in [3.63, 3.8) is 0 Å². The molecule has 1 spiro atoms. The molecule has 5 aromatic rings. The molecule has 1 unspecified atom stereocenters. The average Bonchev–Trinajstić information content (AvgIpc) is 3.92. The second-order valence-corrected chi connectivity index (χ2v) is 14.3. The lowest BCUT2D eigenvalue weighted by molar-refractivity contribution is -0.125. The number of likely N-dealkylation sites (tertiary alicyclic amines) is 1. The van der Waals surface area contributed by atoms with Crippen LogP contribution >= 0.6 is 0 Å². The highest BCUT2D eigenvalue weighted by molar-refractivity contribution is 6.03. The largest absolute Gasteiger partial charge is 0.475 e. The van der Waals surface area contributed by atoms with Gasteiger partial charge in [-0.05, 0) is 75.1 Å². The number of aliphatic hydroxyl groups excluding tert-OH is 1. The van der Waals surface area contributed by atoms with Crippen molar-refractivity contribution in [2.75, 3.05) is 44.2 Å². The molecule has 0 radical (unpaired) electrons. The molecule has 2 N–H and O–H groups in total. The number of ether oxygens (including phenoxy) is 1. The molecule has 0 saturated carbocycles. The number of H-pyrrole nitrogens is 1. The van der Waals surface area contributed by atoms with E-state index in [-0.39, 0.29) is 12.0 Å². The van der Waals surface area contributed by atoms with Gasteiger partial charge in [-0.25, -0.2) is 9.97 Å². The number of β-amino-alcohol motifs (C(OH)–C–C–N with tert-alkyl or cyclic N) is 1. The van der Waals surface area contributed by atoms with E-state index in [2.05, 4.69) is 66.4 Å². The maximum absolute atomic E-state index is 14.1. The molecule has 258 valence electrons. The van der Waals surface area contributed by atoms with Crippen LogP contribution in [0.3, 0.4) is 0 Å². The molecule has 0 aliphatic carbocycles. The zero-order chi connectivity index (χ0) is 34.4. The van der Waals surface area contributed by atoms with Crippen molar-refractivity contribution in [1.82, 2.24) is 34.5 Å². The molecule has 11 nitrogen and oxygen atoms in total. The minimum atomic E-state index is -0.579. The number of nitrogens with zero attached hydrogens (tertiary/aromatic N) is 7. The Kier molecular flexibility index (Phi) is 8.50. The van der Waals surface area contributed by atoms with Crippen molar-refractivity contribution in [1.29, 1.82) is 0 Å². The molecule has 0 bridgehead atoms. The highest BCUT2D eigenvalue weighted by Gasteiger charge is 2.51. The highest BCUT2D eigenvalue weighted by Crippen LogP contribution is 2.43. The Morgan fingerprint density at radius 2 is 1.78 bits per heavy atom. The van der Waals surface area contributed by atoms with Gasteiger partial charge >= 0.3 is 0 Å². The van der Waals surface area contributed by atoms with Gasteiger partial charge in [-0.2, -0.15) is 5.10 Å². The van der Waals surface area contributed by atoms with E-state index in [1.807, 2.05) is 67.2 Å². The monoisotopic (exact) mass is 672 g/mol. The molecule has 2 saturated heterocycles. The summed E-state index contributed by atoms with van der Waals surface area (Å²) in [5, 5.41) is 19.9. The van der Waals surface area contributed by atoms with Gasteiger partial charge in [-0.15, -0.1) is 0 Å². The molecule has 2 aromatic carbocycles. The molecular formula is C39H44N8O3. The molecule has 2 atom stereocenters. The maximum Gasteiger partial charge on any atom is 0.234 e. The SMILES string of the molecule is CC(C)Oc1ccc(-c2n[nH]c3ccc(N4CC[C@]5(CCN(CC(O)N6CC=C(c7ccc(-c8cn(C)cn8)cc7)CC6)C5)C4=O)cc23)cn1. The summed E-state index contributed by atoms with van der Waals surface area (Å²) in [4.78, 5) is 29.3. The smallest absolute Gasteiger partial charge is 0.234 e. The predicted octanol–water partition coefficient (Wildman–Crippen LogP) is 5.35. The first-order chi connectivity index (χ1) is 24.2. The topological polar surface area (TPSA) is 116 Å². The number of carbonyl (C=O) groups excluding carboxylic acids is 1. The molecular weight excluding hydrogens is 628 g/mol. The number of aromatic nitrogens is 5. The van der Waals surface area contributed by atoms with Gasteiger partial charge in [0.05, 0.1) is 29.1 Å². The van der Waals surface area contributed by atoms with Crippen LogP contribution in [-0.4, -0.2) is 97.1 Å². The molecule has 3 aliphatic rings. The molecule has 8 rings (SSSR count). The number of pyridine rings is 1. The Labute approximate surface area is 292 Å². The number of amides is 1. The number of anilines is 1. The lowest BCUT2D eigenvalue weighted by Crippen LogP contribution is -2.46. The van der Waals surface area contributed by atoms with Crippen LogP contribution in [-0.2, 0) is 11.8 Å². The number of carbonyl (C=O) groups is 1. The Balaban J connectivity index is 0.887. The first kappa shape index (κ1) is 32.4. The Hall–Kier alpha value is -4.84. The second kappa shape index (κ2) is 13.1. The van der Waals surface area contributed by atoms with Gasteiger partial charge in [-0.3, -0.25) is 19.7 Å². The number of hydrogen-bond acceptors (Lipinski definition) is 8. The number of aromatic amines is 1. The fourth-order valence-electron chi connectivity index (χ4n) is 7.76. The third-order valence-corrected chi connectivity index (χ3v) is 10.5. The van der Waals surface area contributed by atoms with E-state index >= 15 is 0 Å². The zero-order valence-corrected chi connectivity index (χ0v) is 28.9. The van der Waals surface area contributed by atoms with Crippen molar-refractivity contribution in [2.45, 2.75) is 45.4 Å². The summed E-state index contributed by atoms with van der Waals surface area (Å²) in [5.41, 5.74) is 7.67. The van der Waals surface area contributed by atoms with E-state index in [4.69, 9.17) is 4.74 Å². The van der Waals surface area contributed by atoms with E-state index in [1.165, 1.54) is 11.1 Å². The number of aliphatic hydroxyl groups is 1. The minimum Gasteiger partial charge on any atom is -0.475 e. The minimum absolute atomic E-state index is 0.0510. The summed E-state index contributed by atoms with van der Waals surface area (Å²) in [6.45, 7) is 8.15. The van der Waals surface area contributed by atoms with Crippen molar-refractivity contribution in [3.8, 4) is 28.4 Å². The Bertz CT molecular complexity index is 2030. The normalized spacial score (nSPS) is 20.8.